The number of ether oxygens (including phenoxy) is 1. The lowest BCUT2D eigenvalue weighted by atomic mass is 10.3. The maximum atomic E-state index is 12.7. The van der Waals surface area contributed by atoms with Gasteiger partial charge in [-0.05, 0) is 41.8 Å². The Balaban J connectivity index is 1.94. The fourth-order valence-corrected chi connectivity index (χ4v) is 4.10. The molecule has 5 nitrogen and oxygen atoms in total. The van der Waals surface area contributed by atoms with Gasteiger partial charge in [-0.25, -0.2) is 13.4 Å². The van der Waals surface area contributed by atoms with Gasteiger partial charge in [0.25, 0.3) is 0 Å². The summed E-state index contributed by atoms with van der Waals surface area (Å²) in [5, 5.41) is 10.3. The summed E-state index contributed by atoms with van der Waals surface area (Å²) in [5.41, 5.74) is -1.09. The summed E-state index contributed by atoms with van der Waals surface area (Å²) in [4.78, 5) is 3.08. The number of nitriles is 1. The molecule has 0 saturated carbocycles. The van der Waals surface area contributed by atoms with Gasteiger partial charge in [0.2, 0.25) is 9.84 Å². The Morgan fingerprint density at radius 2 is 1.86 bits per heavy atom. The lowest BCUT2D eigenvalue weighted by Gasteiger charge is -2.07. The van der Waals surface area contributed by atoms with Crippen LogP contribution in [0, 0.1) is 11.3 Å². The Bertz CT molecular complexity index is 1180. The standard InChI is InChI=1S/C19H11F3N2O3S2/c20-19(21,22)13-6-7-18(24-12-13)29(25,26)15(11-23)10-17-16(8-9-28-17)27-14-4-2-1-3-5-14/h1-10,12H/b15-10-. The summed E-state index contributed by atoms with van der Waals surface area (Å²) in [6.45, 7) is 0. The van der Waals surface area contributed by atoms with Gasteiger partial charge in [-0.15, -0.1) is 11.3 Å². The van der Waals surface area contributed by atoms with Crippen molar-refractivity contribution in [2.24, 2.45) is 0 Å². The van der Waals surface area contributed by atoms with Gasteiger partial charge in [0.1, 0.15) is 17.6 Å². The lowest BCUT2D eigenvalue weighted by molar-refractivity contribution is -0.137. The van der Waals surface area contributed by atoms with Crippen LogP contribution in [0.15, 0.2) is 70.0 Å². The Morgan fingerprint density at radius 1 is 1.14 bits per heavy atom. The first kappa shape index (κ1) is 20.6. The van der Waals surface area contributed by atoms with Crippen molar-refractivity contribution in [2.75, 3.05) is 0 Å². The van der Waals surface area contributed by atoms with Gasteiger partial charge in [0.05, 0.1) is 10.4 Å². The molecular formula is C19H11F3N2O3S2. The Morgan fingerprint density at radius 3 is 2.45 bits per heavy atom. The molecule has 0 aliphatic heterocycles. The first-order chi connectivity index (χ1) is 13.7. The van der Waals surface area contributed by atoms with Crippen molar-refractivity contribution in [3.8, 4) is 17.6 Å². The second kappa shape index (κ2) is 8.06. The molecule has 148 valence electrons. The number of pyridine rings is 1. The van der Waals surface area contributed by atoms with Gasteiger partial charge >= 0.3 is 6.18 Å². The number of alkyl halides is 3. The molecule has 0 fully saturated rings. The molecule has 0 amide bonds. The number of allylic oxidation sites excluding steroid dienone is 1. The highest BCUT2D eigenvalue weighted by molar-refractivity contribution is 7.95. The summed E-state index contributed by atoms with van der Waals surface area (Å²) in [5.74, 6) is 0.857. The number of hydrogen-bond donors (Lipinski definition) is 0. The lowest BCUT2D eigenvalue weighted by Crippen LogP contribution is -2.09. The van der Waals surface area contributed by atoms with E-state index in [9.17, 15) is 26.9 Å². The van der Waals surface area contributed by atoms with Gasteiger partial charge in [-0.1, -0.05) is 18.2 Å². The third kappa shape index (κ3) is 4.64. The minimum atomic E-state index is -4.65. The second-order valence-corrected chi connectivity index (χ2v) is 8.38. The van der Waals surface area contributed by atoms with Crippen molar-refractivity contribution in [1.29, 1.82) is 5.26 Å². The van der Waals surface area contributed by atoms with Crippen LogP contribution < -0.4 is 4.74 Å². The van der Waals surface area contributed by atoms with Gasteiger partial charge in [0.15, 0.2) is 9.93 Å². The fraction of sp³-hybridized carbons (Fsp3) is 0.0526. The number of hydrogen-bond acceptors (Lipinski definition) is 6. The van der Waals surface area contributed by atoms with Crippen molar-refractivity contribution < 1.29 is 26.3 Å². The molecule has 0 spiro atoms. The predicted octanol–water partition coefficient (Wildman–Crippen LogP) is 5.29. The first-order valence-corrected chi connectivity index (χ1v) is 10.3. The minimum absolute atomic E-state index is 0.338. The number of para-hydroxylation sites is 1. The van der Waals surface area contributed by atoms with E-state index in [4.69, 9.17) is 4.74 Å². The maximum absolute atomic E-state index is 12.7. The SMILES string of the molecule is N#C/C(=C/c1sccc1Oc1ccccc1)S(=O)(=O)c1ccc(C(F)(F)F)cn1. The molecule has 29 heavy (non-hydrogen) atoms. The third-order valence-electron chi connectivity index (χ3n) is 3.63. The first-order valence-electron chi connectivity index (χ1n) is 7.92. The van der Waals surface area contributed by atoms with Gasteiger partial charge < -0.3 is 4.74 Å². The van der Waals surface area contributed by atoms with Crippen LogP contribution in [-0.4, -0.2) is 13.4 Å². The van der Waals surface area contributed by atoms with E-state index in [0.717, 1.165) is 23.5 Å². The molecule has 2 aromatic heterocycles. The summed E-state index contributed by atoms with van der Waals surface area (Å²) in [6.07, 6.45) is -3.13. The van der Waals surface area contributed by atoms with Crippen LogP contribution in [-0.2, 0) is 16.0 Å². The van der Waals surface area contributed by atoms with Crippen LogP contribution in [0.3, 0.4) is 0 Å². The molecule has 0 aliphatic carbocycles. The molecule has 1 aromatic carbocycles. The van der Waals surface area contributed by atoms with Crippen LogP contribution >= 0.6 is 11.3 Å². The summed E-state index contributed by atoms with van der Waals surface area (Å²) < 4.78 is 68.9. The van der Waals surface area contributed by atoms with Gasteiger partial charge in [-0.2, -0.15) is 18.4 Å². The van der Waals surface area contributed by atoms with Gasteiger partial charge in [-0.3, -0.25) is 0 Å². The van der Waals surface area contributed by atoms with Crippen molar-refractivity contribution in [2.45, 2.75) is 11.2 Å². The topological polar surface area (TPSA) is 80.0 Å². The van der Waals surface area contributed by atoms with Crippen LogP contribution in [0.2, 0.25) is 0 Å². The molecule has 0 N–H and O–H groups in total. The largest absolute Gasteiger partial charge is 0.456 e. The molecule has 0 bridgehead atoms. The summed E-state index contributed by atoms with van der Waals surface area (Å²) in [7, 11) is -4.41. The molecule has 0 radical (unpaired) electrons. The minimum Gasteiger partial charge on any atom is -0.456 e. The number of halogens is 3. The smallest absolute Gasteiger partial charge is 0.417 e. The van der Waals surface area contributed by atoms with E-state index in [1.54, 1.807) is 47.8 Å². The van der Waals surface area contributed by atoms with Crippen LogP contribution in [0.4, 0.5) is 13.2 Å². The molecule has 3 rings (SSSR count). The molecule has 0 saturated heterocycles. The predicted molar refractivity (Wildman–Crippen MR) is 101 cm³/mol. The van der Waals surface area contributed by atoms with Gasteiger partial charge in [0, 0.05) is 6.20 Å². The molecule has 3 aromatic rings. The number of benzene rings is 1. The molecule has 0 unspecified atom stereocenters. The highest BCUT2D eigenvalue weighted by Gasteiger charge is 2.32. The van der Waals surface area contributed by atoms with Crippen LogP contribution in [0.25, 0.3) is 6.08 Å². The van der Waals surface area contributed by atoms with E-state index in [1.165, 1.54) is 0 Å². The van der Waals surface area contributed by atoms with Crippen LogP contribution in [0.1, 0.15) is 10.4 Å². The summed E-state index contributed by atoms with van der Waals surface area (Å²) >= 11 is 1.14. The van der Waals surface area contributed by atoms with E-state index >= 15 is 0 Å². The van der Waals surface area contributed by atoms with Crippen molar-refractivity contribution in [3.05, 3.63) is 75.5 Å². The van der Waals surface area contributed by atoms with Crippen molar-refractivity contribution >= 4 is 27.3 Å². The van der Waals surface area contributed by atoms with E-state index in [0.29, 0.717) is 28.6 Å². The zero-order chi connectivity index (χ0) is 21.1. The number of sulfone groups is 1. The molecule has 0 aliphatic rings. The maximum Gasteiger partial charge on any atom is 0.417 e. The highest BCUT2D eigenvalue weighted by Crippen LogP contribution is 2.33. The summed E-state index contributed by atoms with van der Waals surface area (Å²) in [6, 6.07) is 13.3. The van der Waals surface area contributed by atoms with E-state index in [1.807, 2.05) is 0 Å². The Kier molecular flexibility index (Phi) is 5.72. The van der Waals surface area contributed by atoms with Crippen molar-refractivity contribution in [1.82, 2.24) is 4.98 Å². The molecular weight excluding hydrogens is 425 g/mol. The Labute approximate surface area is 168 Å². The quantitative estimate of drug-likeness (QED) is 0.508. The number of nitrogens with zero attached hydrogens (tertiary/aromatic N) is 2. The zero-order valence-corrected chi connectivity index (χ0v) is 16.1. The average molecular weight is 436 g/mol. The van der Waals surface area contributed by atoms with E-state index in [-0.39, 0.29) is 0 Å². The second-order valence-electron chi connectivity index (χ2n) is 5.57. The Hall–Kier alpha value is -3.16. The monoisotopic (exact) mass is 436 g/mol. The molecule has 2 heterocycles. The normalized spacial score (nSPS) is 12.4. The molecule has 0 atom stereocenters. The number of thiophene rings is 1. The third-order valence-corrected chi connectivity index (χ3v) is 6.05. The zero-order valence-electron chi connectivity index (χ0n) is 14.4. The number of rotatable bonds is 5. The average Bonchev–Trinajstić information content (AvgIpc) is 3.13. The fourth-order valence-electron chi connectivity index (χ4n) is 2.22. The van der Waals surface area contributed by atoms with E-state index < -0.39 is 31.5 Å². The van der Waals surface area contributed by atoms with Crippen LogP contribution in [0.5, 0.6) is 11.5 Å². The van der Waals surface area contributed by atoms with E-state index in [2.05, 4.69) is 4.98 Å². The highest BCUT2D eigenvalue weighted by atomic mass is 32.2. The number of aromatic nitrogens is 1. The molecule has 10 heteroatoms. The van der Waals surface area contributed by atoms with Crippen molar-refractivity contribution in [3.63, 3.8) is 0 Å².